The highest BCUT2D eigenvalue weighted by molar-refractivity contribution is 5.76. The van der Waals surface area contributed by atoms with E-state index in [2.05, 4.69) is 0 Å². The van der Waals surface area contributed by atoms with Crippen LogP contribution in [0.3, 0.4) is 0 Å². The third-order valence-corrected chi connectivity index (χ3v) is 2.90. The second kappa shape index (κ2) is 4.35. The van der Waals surface area contributed by atoms with Crippen molar-refractivity contribution in [2.24, 2.45) is 0 Å². The van der Waals surface area contributed by atoms with Gasteiger partial charge in [-0.3, -0.25) is 9.13 Å². The highest BCUT2D eigenvalue weighted by Gasteiger charge is 2.17. The SMILES string of the molecule is CCCn1c(=O)n(C(C)C)c2cccc(F)c21. The maximum absolute atomic E-state index is 13.9. The molecule has 0 saturated heterocycles. The average Bonchev–Trinajstić information content (AvgIpc) is 2.54. The van der Waals surface area contributed by atoms with Gasteiger partial charge in [0.2, 0.25) is 0 Å². The van der Waals surface area contributed by atoms with E-state index in [4.69, 9.17) is 0 Å². The van der Waals surface area contributed by atoms with Crippen molar-refractivity contribution in [1.29, 1.82) is 0 Å². The molecule has 1 heterocycles. The Balaban J connectivity index is 2.89. The number of nitrogens with zero attached hydrogens (tertiary/aromatic N) is 2. The van der Waals surface area contributed by atoms with Crippen LogP contribution in [-0.4, -0.2) is 9.13 Å². The fourth-order valence-corrected chi connectivity index (χ4v) is 2.22. The number of rotatable bonds is 3. The minimum atomic E-state index is -0.326. The maximum atomic E-state index is 13.9. The summed E-state index contributed by atoms with van der Waals surface area (Å²) in [7, 11) is 0. The summed E-state index contributed by atoms with van der Waals surface area (Å²) < 4.78 is 17.0. The van der Waals surface area contributed by atoms with Gasteiger partial charge in [0.05, 0.1) is 5.52 Å². The van der Waals surface area contributed by atoms with Gasteiger partial charge in [0.1, 0.15) is 11.3 Å². The molecular weight excluding hydrogens is 219 g/mol. The largest absolute Gasteiger partial charge is 0.329 e. The summed E-state index contributed by atoms with van der Waals surface area (Å²) in [4.78, 5) is 12.2. The predicted molar refractivity (Wildman–Crippen MR) is 66.8 cm³/mol. The molecule has 0 fully saturated rings. The molecular formula is C13H17FN2O. The number of para-hydroxylation sites is 1. The number of imidazole rings is 1. The number of hydrogen-bond donors (Lipinski definition) is 0. The topological polar surface area (TPSA) is 26.9 Å². The zero-order chi connectivity index (χ0) is 12.6. The Bertz CT molecular complexity index is 595. The zero-order valence-electron chi connectivity index (χ0n) is 10.4. The summed E-state index contributed by atoms with van der Waals surface area (Å²) in [5, 5.41) is 0. The molecule has 4 heteroatoms. The van der Waals surface area contributed by atoms with Gasteiger partial charge in [-0.05, 0) is 32.4 Å². The first-order chi connectivity index (χ1) is 8.07. The molecule has 0 bridgehead atoms. The van der Waals surface area contributed by atoms with E-state index in [9.17, 15) is 9.18 Å². The Hall–Kier alpha value is -1.58. The lowest BCUT2D eigenvalue weighted by atomic mass is 10.2. The maximum Gasteiger partial charge on any atom is 0.329 e. The molecule has 3 nitrogen and oxygen atoms in total. The van der Waals surface area contributed by atoms with Crippen molar-refractivity contribution < 1.29 is 4.39 Å². The van der Waals surface area contributed by atoms with Crippen LogP contribution in [0, 0.1) is 5.82 Å². The van der Waals surface area contributed by atoms with E-state index >= 15 is 0 Å². The van der Waals surface area contributed by atoms with Crippen molar-refractivity contribution in [3.05, 3.63) is 34.5 Å². The Morgan fingerprint density at radius 1 is 1.35 bits per heavy atom. The van der Waals surface area contributed by atoms with Crippen LogP contribution >= 0.6 is 0 Å². The minimum absolute atomic E-state index is 0.0323. The van der Waals surface area contributed by atoms with Crippen molar-refractivity contribution in [2.75, 3.05) is 0 Å². The van der Waals surface area contributed by atoms with Crippen LogP contribution in [0.2, 0.25) is 0 Å². The molecule has 0 atom stereocenters. The third-order valence-electron chi connectivity index (χ3n) is 2.90. The molecule has 0 radical (unpaired) electrons. The van der Waals surface area contributed by atoms with Gasteiger partial charge >= 0.3 is 5.69 Å². The van der Waals surface area contributed by atoms with Gasteiger partial charge in [-0.25, -0.2) is 9.18 Å². The van der Waals surface area contributed by atoms with E-state index in [0.29, 0.717) is 17.6 Å². The smallest absolute Gasteiger partial charge is 0.289 e. The summed E-state index contributed by atoms with van der Waals surface area (Å²) in [6.45, 7) is 6.39. The summed E-state index contributed by atoms with van der Waals surface area (Å²) in [5.41, 5.74) is 0.980. The predicted octanol–water partition coefficient (Wildman–Crippen LogP) is 2.93. The number of benzene rings is 1. The summed E-state index contributed by atoms with van der Waals surface area (Å²) in [6.07, 6.45) is 0.811. The molecule has 0 saturated carbocycles. The number of aromatic nitrogens is 2. The van der Waals surface area contributed by atoms with Gasteiger partial charge in [-0.1, -0.05) is 13.0 Å². The van der Waals surface area contributed by atoms with Crippen LogP contribution in [-0.2, 0) is 6.54 Å². The quantitative estimate of drug-likeness (QED) is 0.805. The number of fused-ring (bicyclic) bond motifs is 1. The number of aryl methyl sites for hydroxylation is 1. The number of hydrogen-bond acceptors (Lipinski definition) is 1. The van der Waals surface area contributed by atoms with Gasteiger partial charge < -0.3 is 0 Å². The second-order valence-electron chi connectivity index (χ2n) is 4.51. The van der Waals surface area contributed by atoms with E-state index < -0.39 is 0 Å². The van der Waals surface area contributed by atoms with Gasteiger partial charge in [-0.2, -0.15) is 0 Å². The molecule has 17 heavy (non-hydrogen) atoms. The first kappa shape index (κ1) is 11.9. The van der Waals surface area contributed by atoms with E-state index in [-0.39, 0.29) is 17.5 Å². The second-order valence-corrected chi connectivity index (χ2v) is 4.51. The summed E-state index contributed by atoms with van der Waals surface area (Å²) in [6, 6.07) is 4.88. The molecule has 0 aliphatic carbocycles. The van der Waals surface area contributed by atoms with Crippen LogP contribution in [0.4, 0.5) is 4.39 Å². The molecule has 0 N–H and O–H groups in total. The summed E-state index contributed by atoms with van der Waals surface area (Å²) in [5.74, 6) is -0.326. The molecule has 2 aromatic rings. The van der Waals surface area contributed by atoms with Crippen molar-refractivity contribution >= 4 is 11.0 Å². The van der Waals surface area contributed by atoms with Crippen molar-refractivity contribution in [3.63, 3.8) is 0 Å². The minimum Gasteiger partial charge on any atom is -0.289 e. The molecule has 1 aromatic heterocycles. The Kier molecular flexibility index (Phi) is 3.05. The van der Waals surface area contributed by atoms with E-state index in [1.807, 2.05) is 20.8 Å². The van der Waals surface area contributed by atoms with Crippen LogP contribution in [0.1, 0.15) is 33.2 Å². The highest BCUT2D eigenvalue weighted by Crippen LogP contribution is 2.20. The molecule has 0 amide bonds. The van der Waals surface area contributed by atoms with E-state index in [1.165, 1.54) is 10.6 Å². The van der Waals surface area contributed by atoms with Gasteiger partial charge in [-0.15, -0.1) is 0 Å². The van der Waals surface area contributed by atoms with Crippen LogP contribution in [0.15, 0.2) is 23.0 Å². The first-order valence-electron chi connectivity index (χ1n) is 5.97. The molecule has 0 spiro atoms. The lowest BCUT2D eigenvalue weighted by Gasteiger charge is -2.06. The molecule has 2 rings (SSSR count). The molecule has 0 aliphatic heterocycles. The fraction of sp³-hybridized carbons (Fsp3) is 0.462. The van der Waals surface area contributed by atoms with Crippen LogP contribution in [0.5, 0.6) is 0 Å². The number of halogens is 1. The van der Waals surface area contributed by atoms with Gasteiger partial charge in [0.25, 0.3) is 0 Å². The highest BCUT2D eigenvalue weighted by atomic mass is 19.1. The standard InChI is InChI=1S/C13H17FN2O/c1-4-8-15-12-10(14)6-5-7-11(12)16(9(2)3)13(15)17/h5-7,9H,4,8H2,1-3H3. The lowest BCUT2D eigenvalue weighted by molar-refractivity contribution is 0.557. The third kappa shape index (κ3) is 1.77. The first-order valence-corrected chi connectivity index (χ1v) is 5.97. The zero-order valence-corrected chi connectivity index (χ0v) is 10.4. The Morgan fingerprint density at radius 2 is 2.06 bits per heavy atom. The monoisotopic (exact) mass is 236 g/mol. The lowest BCUT2D eigenvalue weighted by Crippen LogP contribution is -2.25. The normalized spacial score (nSPS) is 11.6. The molecule has 0 unspecified atom stereocenters. The fourth-order valence-electron chi connectivity index (χ4n) is 2.22. The summed E-state index contributed by atoms with van der Waals surface area (Å²) >= 11 is 0. The van der Waals surface area contributed by atoms with Gasteiger partial charge in [0.15, 0.2) is 0 Å². The Labute approximate surface area is 99.5 Å². The van der Waals surface area contributed by atoms with Crippen LogP contribution in [0.25, 0.3) is 11.0 Å². The van der Waals surface area contributed by atoms with Crippen molar-refractivity contribution in [3.8, 4) is 0 Å². The van der Waals surface area contributed by atoms with Crippen LogP contribution < -0.4 is 5.69 Å². The molecule has 0 aliphatic rings. The van der Waals surface area contributed by atoms with E-state index in [0.717, 1.165) is 6.42 Å². The van der Waals surface area contributed by atoms with Gasteiger partial charge in [0, 0.05) is 12.6 Å². The van der Waals surface area contributed by atoms with E-state index in [1.54, 1.807) is 16.7 Å². The average molecular weight is 236 g/mol. The van der Waals surface area contributed by atoms with Crippen molar-refractivity contribution in [2.45, 2.75) is 39.8 Å². The molecule has 92 valence electrons. The molecule has 1 aromatic carbocycles. The van der Waals surface area contributed by atoms with Crippen molar-refractivity contribution in [1.82, 2.24) is 9.13 Å². The Morgan fingerprint density at radius 3 is 2.65 bits per heavy atom.